The molecule has 0 aliphatic carbocycles. The van der Waals surface area contributed by atoms with E-state index in [2.05, 4.69) is 42.8 Å². The molecule has 2 aliphatic rings. The van der Waals surface area contributed by atoms with Crippen LogP contribution < -0.4 is 25.7 Å². The Hall–Kier alpha value is -5.00. The Morgan fingerprint density at radius 1 is 1.07 bits per heavy atom. The van der Waals surface area contributed by atoms with E-state index in [1.165, 1.54) is 0 Å². The van der Waals surface area contributed by atoms with Crippen LogP contribution in [0.15, 0.2) is 55.1 Å². The molecule has 3 N–H and O–H groups in total. The third-order valence-electron chi connectivity index (χ3n) is 8.11. The quantitative estimate of drug-likeness (QED) is 0.213. The number of fused-ring (bicyclic) bond motifs is 8. The number of methoxy groups -OCH3 is 1. The van der Waals surface area contributed by atoms with Gasteiger partial charge >= 0.3 is 0 Å². The molecule has 0 bridgehead atoms. The van der Waals surface area contributed by atoms with E-state index >= 15 is 0 Å². The number of hydroxylamine groups is 1. The molecule has 13 nitrogen and oxygen atoms in total. The smallest absolute Gasteiger partial charge is 0.231 e. The monoisotopic (exact) mass is 608 g/mol. The minimum atomic E-state index is -2.77. The summed E-state index contributed by atoms with van der Waals surface area (Å²) in [5.41, 5.74) is 6.41. The van der Waals surface area contributed by atoms with Crippen molar-refractivity contribution in [2.45, 2.75) is 12.5 Å². The van der Waals surface area contributed by atoms with Crippen molar-refractivity contribution in [1.29, 1.82) is 0 Å². The SMILES string of the molecule is COc1cc2c(cc1Nc1nc(Nc3ccc4nccnc4c3P(C)(C)=O)c3cc[nH]c3n1)-c1cnn(C)c1N1OCCC21. The molecule has 8 rings (SSSR count). The first kappa shape index (κ1) is 26.6. The number of aryl methyl sites for hydroxylation is 1. The summed E-state index contributed by atoms with van der Waals surface area (Å²) in [5, 5.41) is 14.7. The Bertz CT molecular complexity index is 2150. The molecule has 4 aromatic heterocycles. The van der Waals surface area contributed by atoms with Crippen molar-refractivity contribution in [1.82, 2.24) is 34.7 Å². The number of nitrogens with one attached hydrogen (secondary N) is 3. The number of nitrogens with zero attached hydrogens (tertiary/aromatic N) is 7. The van der Waals surface area contributed by atoms with Crippen molar-refractivity contribution in [3.63, 3.8) is 0 Å². The standard InChI is InChI=1S/C30H29N10O3P/c1-39-29-19(15-34-39)17-13-22(24(42-2)14-18(17)23-8-12-43-40(23)29)36-30-37-27-16(7-9-33-27)28(38-30)35-21-6-5-20-25(32-11-10-31-20)26(21)44(3,4)41/h5-7,9-11,13-15,23H,8,12H2,1-4H3,(H3,33,35,36,37,38). The number of H-pyrrole nitrogens is 1. The lowest BCUT2D eigenvalue weighted by Gasteiger charge is -2.32. The van der Waals surface area contributed by atoms with Crippen LogP contribution in [0.5, 0.6) is 5.75 Å². The van der Waals surface area contributed by atoms with Crippen LogP contribution in [-0.4, -0.2) is 61.7 Å². The van der Waals surface area contributed by atoms with E-state index in [0.29, 0.717) is 57.5 Å². The highest BCUT2D eigenvalue weighted by Gasteiger charge is 2.39. The zero-order chi connectivity index (χ0) is 30.2. The fraction of sp³-hybridized carbons (Fsp3) is 0.233. The van der Waals surface area contributed by atoms with Crippen molar-refractivity contribution < 1.29 is 14.1 Å². The molecule has 2 aromatic carbocycles. The van der Waals surface area contributed by atoms with Crippen molar-refractivity contribution >= 4 is 63.5 Å². The fourth-order valence-electron chi connectivity index (χ4n) is 6.22. The number of anilines is 5. The van der Waals surface area contributed by atoms with Gasteiger partial charge in [-0.1, -0.05) is 0 Å². The normalized spacial score (nSPS) is 15.7. The third-order valence-corrected chi connectivity index (χ3v) is 9.64. The lowest BCUT2D eigenvalue weighted by molar-refractivity contribution is 0.154. The average Bonchev–Trinajstić information content (AvgIpc) is 3.76. The molecule has 14 heteroatoms. The zero-order valence-electron chi connectivity index (χ0n) is 24.5. The Morgan fingerprint density at radius 3 is 2.77 bits per heavy atom. The summed E-state index contributed by atoms with van der Waals surface area (Å²) in [6.45, 7) is 4.09. The van der Waals surface area contributed by atoms with Gasteiger partial charge in [0, 0.05) is 37.6 Å². The van der Waals surface area contributed by atoms with Gasteiger partial charge in [-0.2, -0.15) is 15.1 Å². The van der Waals surface area contributed by atoms with Crippen LogP contribution in [0.4, 0.5) is 29.0 Å². The van der Waals surface area contributed by atoms with Gasteiger partial charge in [-0.05, 0) is 54.8 Å². The second-order valence-corrected chi connectivity index (χ2v) is 14.4. The maximum absolute atomic E-state index is 13.5. The highest BCUT2D eigenvalue weighted by molar-refractivity contribution is 7.71. The van der Waals surface area contributed by atoms with Crippen molar-refractivity contribution in [3.05, 3.63) is 60.7 Å². The lowest BCUT2D eigenvalue weighted by Crippen LogP contribution is -2.27. The Kier molecular flexibility index (Phi) is 5.90. The molecule has 1 fully saturated rings. The van der Waals surface area contributed by atoms with Crippen molar-refractivity contribution in [3.8, 4) is 16.9 Å². The van der Waals surface area contributed by atoms with Gasteiger partial charge in [-0.25, -0.2) is 5.06 Å². The second kappa shape index (κ2) is 9.76. The molecule has 6 heterocycles. The van der Waals surface area contributed by atoms with Gasteiger partial charge in [0.25, 0.3) is 0 Å². The molecule has 0 radical (unpaired) electrons. The number of benzene rings is 2. The summed E-state index contributed by atoms with van der Waals surface area (Å²) in [7, 11) is 0.793. The topological polar surface area (TPSA) is 148 Å². The van der Waals surface area contributed by atoms with Crippen molar-refractivity contribution in [2.24, 2.45) is 7.05 Å². The van der Waals surface area contributed by atoms with Crippen LogP contribution in [0.2, 0.25) is 0 Å². The minimum absolute atomic E-state index is 0.0621. The Morgan fingerprint density at radius 2 is 1.93 bits per heavy atom. The number of hydrogen-bond donors (Lipinski definition) is 3. The van der Waals surface area contributed by atoms with Crippen LogP contribution >= 0.6 is 7.14 Å². The maximum Gasteiger partial charge on any atom is 0.231 e. The molecule has 0 amide bonds. The molecule has 6 aromatic rings. The van der Waals surface area contributed by atoms with E-state index in [1.807, 2.05) is 47.4 Å². The van der Waals surface area contributed by atoms with E-state index in [1.54, 1.807) is 32.8 Å². The first-order valence-corrected chi connectivity index (χ1v) is 16.7. The van der Waals surface area contributed by atoms with E-state index in [0.717, 1.165) is 34.3 Å². The van der Waals surface area contributed by atoms with Gasteiger partial charge in [-0.15, -0.1) is 0 Å². The number of hydrogen-bond acceptors (Lipinski definition) is 11. The highest BCUT2D eigenvalue weighted by atomic mass is 31.2. The summed E-state index contributed by atoms with van der Waals surface area (Å²) >= 11 is 0. The third kappa shape index (κ3) is 4.11. The van der Waals surface area contributed by atoms with Crippen LogP contribution in [0, 0.1) is 0 Å². The Labute approximate surface area is 252 Å². The average molecular weight is 609 g/mol. The number of aromatic amines is 1. The van der Waals surface area contributed by atoms with E-state index < -0.39 is 7.14 Å². The molecule has 0 spiro atoms. The second-order valence-electron chi connectivity index (χ2n) is 11.2. The molecular formula is C30H29N10O3P. The molecule has 222 valence electrons. The molecule has 1 unspecified atom stereocenters. The maximum atomic E-state index is 13.5. The first-order valence-electron chi connectivity index (χ1n) is 14.1. The fourth-order valence-corrected chi connectivity index (χ4v) is 7.62. The first-order chi connectivity index (χ1) is 21.3. The highest BCUT2D eigenvalue weighted by Crippen LogP contribution is 2.51. The van der Waals surface area contributed by atoms with Gasteiger partial charge in [0.15, 0.2) is 5.82 Å². The van der Waals surface area contributed by atoms with Gasteiger partial charge < -0.3 is 24.9 Å². The summed E-state index contributed by atoms with van der Waals surface area (Å²) < 4.78 is 21.2. The van der Waals surface area contributed by atoms with Gasteiger partial charge in [0.05, 0.1) is 53.5 Å². The van der Waals surface area contributed by atoms with Crippen LogP contribution in [0.25, 0.3) is 33.2 Å². The van der Waals surface area contributed by atoms with Crippen LogP contribution in [-0.2, 0) is 16.5 Å². The van der Waals surface area contributed by atoms with Crippen molar-refractivity contribution in [2.75, 3.05) is 42.7 Å². The van der Waals surface area contributed by atoms with E-state index in [4.69, 9.17) is 19.5 Å². The predicted molar refractivity (Wildman–Crippen MR) is 170 cm³/mol. The largest absolute Gasteiger partial charge is 0.495 e. The summed E-state index contributed by atoms with van der Waals surface area (Å²) in [6.07, 6.45) is 7.77. The molecule has 0 saturated carbocycles. The summed E-state index contributed by atoms with van der Waals surface area (Å²) in [4.78, 5) is 27.7. The van der Waals surface area contributed by atoms with Crippen LogP contribution in [0.1, 0.15) is 18.0 Å². The number of rotatable bonds is 6. The number of aromatic nitrogens is 7. The van der Waals surface area contributed by atoms with E-state index in [9.17, 15) is 4.57 Å². The van der Waals surface area contributed by atoms with Gasteiger partial charge in [0.1, 0.15) is 29.9 Å². The minimum Gasteiger partial charge on any atom is -0.495 e. The van der Waals surface area contributed by atoms with Gasteiger partial charge in [-0.3, -0.25) is 19.5 Å². The molecule has 1 saturated heterocycles. The van der Waals surface area contributed by atoms with Gasteiger partial charge in [0.2, 0.25) is 5.95 Å². The number of ether oxygens (including phenoxy) is 1. The summed E-state index contributed by atoms with van der Waals surface area (Å²) in [6, 6.07) is 9.80. The lowest BCUT2D eigenvalue weighted by atomic mass is 9.90. The predicted octanol–water partition coefficient (Wildman–Crippen LogP) is 5.24. The molecule has 44 heavy (non-hydrogen) atoms. The zero-order valence-corrected chi connectivity index (χ0v) is 25.4. The molecular weight excluding hydrogens is 579 g/mol. The van der Waals surface area contributed by atoms with Crippen LogP contribution in [0.3, 0.4) is 0 Å². The Balaban J connectivity index is 1.22. The molecule has 1 atom stereocenters. The molecule has 2 aliphatic heterocycles. The summed E-state index contributed by atoms with van der Waals surface area (Å²) in [5.74, 6) is 2.47. The van der Waals surface area contributed by atoms with E-state index in [-0.39, 0.29) is 6.04 Å².